The van der Waals surface area contributed by atoms with E-state index in [1.807, 2.05) is 12.1 Å². The minimum atomic E-state index is -0.760. The van der Waals surface area contributed by atoms with E-state index in [0.717, 1.165) is 20.0 Å². The lowest BCUT2D eigenvalue weighted by Gasteiger charge is -2.00. The predicted octanol–water partition coefficient (Wildman–Crippen LogP) is 1.43. The minimum absolute atomic E-state index is 0.488. The molecule has 2 nitrogen and oxygen atoms in total. The fourth-order valence-electron chi connectivity index (χ4n) is 1.22. The van der Waals surface area contributed by atoms with E-state index in [1.54, 1.807) is 0 Å². The molecule has 62 valence electrons. The molecular formula is C7H5BBr2O2. The summed E-state index contributed by atoms with van der Waals surface area (Å²) in [6.45, 7) is 0.488. The first-order chi connectivity index (χ1) is 5.68. The van der Waals surface area contributed by atoms with Crippen molar-refractivity contribution in [2.75, 3.05) is 0 Å². The Morgan fingerprint density at radius 1 is 1.33 bits per heavy atom. The van der Waals surface area contributed by atoms with E-state index in [4.69, 9.17) is 4.65 Å². The third-order valence-electron chi connectivity index (χ3n) is 1.84. The molecular weight excluding hydrogens is 287 g/mol. The number of fused-ring (bicyclic) bond motifs is 1. The third kappa shape index (κ3) is 1.35. The summed E-state index contributed by atoms with van der Waals surface area (Å²) in [5.41, 5.74) is 1.89. The van der Waals surface area contributed by atoms with Gasteiger partial charge in [0.1, 0.15) is 0 Å². The number of halogens is 2. The summed E-state index contributed by atoms with van der Waals surface area (Å²) < 4.78 is 6.97. The Balaban J connectivity index is 2.56. The van der Waals surface area contributed by atoms with Gasteiger partial charge < -0.3 is 9.68 Å². The molecule has 0 atom stereocenters. The van der Waals surface area contributed by atoms with Crippen molar-refractivity contribution in [2.45, 2.75) is 6.61 Å². The monoisotopic (exact) mass is 290 g/mol. The SMILES string of the molecule is OB1OCc2cc(Br)c(Br)cc21. The van der Waals surface area contributed by atoms with E-state index in [1.165, 1.54) is 0 Å². The first-order valence-corrected chi connectivity index (χ1v) is 5.04. The molecule has 5 heteroatoms. The molecule has 0 aliphatic carbocycles. The Hall–Kier alpha value is 0.165. The smallest absolute Gasteiger partial charge is 0.423 e. The largest absolute Gasteiger partial charge is 0.491 e. The summed E-state index contributed by atoms with van der Waals surface area (Å²) in [5, 5.41) is 9.34. The van der Waals surface area contributed by atoms with Gasteiger partial charge in [0, 0.05) is 8.95 Å². The molecule has 0 radical (unpaired) electrons. The Bertz CT molecular complexity index is 329. The predicted molar refractivity (Wildman–Crippen MR) is 54.2 cm³/mol. The van der Waals surface area contributed by atoms with Crippen LogP contribution in [0.25, 0.3) is 0 Å². The highest BCUT2D eigenvalue weighted by atomic mass is 79.9. The summed E-state index contributed by atoms with van der Waals surface area (Å²) in [7, 11) is -0.760. The molecule has 1 aliphatic rings. The normalized spacial score (nSPS) is 15.1. The molecule has 1 aromatic rings. The lowest BCUT2D eigenvalue weighted by molar-refractivity contribution is 0.275. The zero-order valence-corrected chi connectivity index (χ0v) is 9.22. The van der Waals surface area contributed by atoms with Gasteiger partial charge in [-0.05, 0) is 55.0 Å². The van der Waals surface area contributed by atoms with Gasteiger partial charge in [-0.3, -0.25) is 0 Å². The Morgan fingerprint density at radius 3 is 2.75 bits per heavy atom. The van der Waals surface area contributed by atoms with Crippen molar-refractivity contribution in [2.24, 2.45) is 0 Å². The lowest BCUT2D eigenvalue weighted by Crippen LogP contribution is -2.27. The van der Waals surface area contributed by atoms with Crippen LogP contribution in [0.4, 0.5) is 0 Å². The Kier molecular flexibility index (Phi) is 2.29. The molecule has 0 unspecified atom stereocenters. The Morgan fingerprint density at radius 2 is 2.00 bits per heavy atom. The molecule has 2 rings (SSSR count). The molecule has 0 spiro atoms. The van der Waals surface area contributed by atoms with E-state index in [2.05, 4.69) is 31.9 Å². The van der Waals surface area contributed by atoms with Crippen LogP contribution in [0.15, 0.2) is 21.1 Å². The summed E-state index contributed by atoms with van der Waals surface area (Å²) >= 11 is 6.75. The fourth-order valence-corrected chi connectivity index (χ4v) is 1.97. The molecule has 0 aromatic heterocycles. The van der Waals surface area contributed by atoms with Crippen LogP contribution >= 0.6 is 31.9 Å². The highest BCUT2D eigenvalue weighted by molar-refractivity contribution is 9.13. The van der Waals surface area contributed by atoms with Crippen LogP contribution < -0.4 is 5.46 Å². The van der Waals surface area contributed by atoms with Crippen molar-refractivity contribution in [3.63, 3.8) is 0 Å². The van der Waals surface area contributed by atoms with E-state index in [0.29, 0.717) is 6.61 Å². The van der Waals surface area contributed by atoms with Crippen LogP contribution in [-0.4, -0.2) is 12.1 Å². The molecule has 0 fully saturated rings. The zero-order valence-electron chi connectivity index (χ0n) is 6.05. The Labute approximate surface area is 87.3 Å². The standard InChI is InChI=1S/C7H5BBr2O2/c9-6-1-4-3-12-8(11)5(4)2-7(6)10/h1-2,11H,3H2. The maximum absolute atomic E-state index is 9.34. The second-order valence-corrected chi connectivity index (χ2v) is 4.34. The maximum atomic E-state index is 9.34. The molecule has 0 saturated carbocycles. The second kappa shape index (κ2) is 3.14. The zero-order chi connectivity index (χ0) is 8.72. The molecule has 12 heavy (non-hydrogen) atoms. The number of rotatable bonds is 0. The first-order valence-electron chi connectivity index (χ1n) is 3.46. The van der Waals surface area contributed by atoms with Gasteiger partial charge in [-0.2, -0.15) is 0 Å². The van der Waals surface area contributed by atoms with Gasteiger partial charge in [0.2, 0.25) is 0 Å². The van der Waals surface area contributed by atoms with Gasteiger partial charge in [-0.25, -0.2) is 0 Å². The minimum Gasteiger partial charge on any atom is -0.423 e. The van der Waals surface area contributed by atoms with E-state index in [9.17, 15) is 5.02 Å². The van der Waals surface area contributed by atoms with E-state index in [-0.39, 0.29) is 0 Å². The van der Waals surface area contributed by atoms with Crippen molar-refractivity contribution >= 4 is 44.4 Å². The molecule has 0 saturated heterocycles. The lowest BCUT2D eigenvalue weighted by atomic mass is 9.80. The van der Waals surface area contributed by atoms with E-state index >= 15 is 0 Å². The quantitative estimate of drug-likeness (QED) is 0.733. The number of hydrogen-bond donors (Lipinski definition) is 1. The topological polar surface area (TPSA) is 29.5 Å². The van der Waals surface area contributed by atoms with Crippen molar-refractivity contribution < 1.29 is 9.68 Å². The van der Waals surface area contributed by atoms with Gasteiger partial charge in [0.05, 0.1) is 6.61 Å². The number of hydrogen-bond acceptors (Lipinski definition) is 2. The highest BCUT2D eigenvalue weighted by Gasteiger charge is 2.27. The second-order valence-electron chi connectivity index (χ2n) is 2.63. The summed E-state index contributed by atoms with van der Waals surface area (Å²) in [6, 6.07) is 3.83. The van der Waals surface area contributed by atoms with Crippen molar-refractivity contribution in [1.82, 2.24) is 0 Å². The van der Waals surface area contributed by atoms with Crippen molar-refractivity contribution in [3.05, 3.63) is 26.6 Å². The molecule has 1 heterocycles. The summed E-state index contributed by atoms with van der Waals surface area (Å²) in [6.07, 6.45) is 0. The van der Waals surface area contributed by atoms with Gasteiger partial charge in [0.25, 0.3) is 0 Å². The molecule has 1 aromatic carbocycles. The average Bonchev–Trinajstić information content (AvgIpc) is 2.35. The van der Waals surface area contributed by atoms with Crippen LogP contribution in [0.2, 0.25) is 0 Å². The van der Waals surface area contributed by atoms with Crippen LogP contribution in [0.1, 0.15) is 5.56 Å². The third-order valence-corrected chi connectivity index (χ3v) is 3.69. The number of benzene rings is 1. The molecule has 0 bridgehead atoms. The first kappa shape index (κ1) is 8.75. The van der Waals surface area contributed by atoms with Gasteiger partial charge in [-0.1, -0.05) is 0 Å². The van der Waals surface area contributed by atoms with Crippen LogP contribution in [0.5, 0.6) is 0 Å². The molecule has 1 N–H and O–H groups in total. The van der Waals surface area contributed by atoms with Crippen LogP contribution in [0, 0.1) is 0 Å². The molecule has 0 amide bonds. The van der Waals surface area contributed by atoms with Gasteiger partial charge in [0.15, 0.2) is 0 Å². The van der Waals surface area contributed by atoms with Gasteiger partial charge >= 0.3 is 7.12 Å². The van der Waals surface area contributed by atoms with Crippen LogP contribution in [-0.2, 0) is 11.3 Å². The summed E-state index contributed by atoms with van der Waals surface area (Å²) in [5.74, 6) is 0. The van der Waals surface area contributed by atoms with E-state index < -0.39 is 7.12 Å². The van der Waals surface area contributed by atoms with Gasteiger partial charge in [-0.15, -0.1) is 0 Å². The van der Waals surface area contributed by atoms with Crippen molar-refractivity contribution in [3.8, 4) is 0 Å². The molecule has 1 aliphatic heterocycles. The maximum Gasteiger partial charge on any atom is 0.491 e. The average molecular weight is 292 g/mol. The fraction of sp³-hybridized carbons (Fsp3) is 0.143. The van der Waals surface area contributed by atoms with Crippen molar-refractivity contribution in [1.29, 1.82) is 0 Å². The summed E-state index contributed by atoms with van der Waals surface area (Å²) in [4.78, 5) is 0. The highest BCUT2D eigenvalue weighted by Crippen LogP contribution is 2.25. The van der Waals surface area contributed by atoms with Crippen LogP contribution in [0.3, 0.4) is 0 Å².